The van der Waals surface area contributed by atoms with Gasteiger partial charge in [-0.15, -0.1) is 0 Å². The SMILES string of the molecule is CNC(CCc1ccnn1C)C(C)(C)N1CCCCC1. The summed E-state index contributed by atoms with van der Waals surface area (Å²) in [6.45, 7) is 7.28. The van der Waals surface area contributed by atoms with E-state index in [9.17, 15) is 0 Å². The van der Waals surface area contributed by atoms with Gasteiger partial charge in [0.05, 0.1) is 0 Å². The number of aromatic nitrogens is 2. The first-order chi connectivity index (χ1) is 9.55. The molecule has 4 heteroatoms. The van der Waals surface area contributed by atoms with Crippen molar-refractivity contribution in [2.24, 2.45) is 7.05 Å². The smallest absolute Gasteiger partial charge is 0.0492 e. The molecule has 0 bridgehead atoms. The molecule has 1 N–H and O–H groups in total. The normalized spacial score (nSPS) is 19.2. The summed E-state index contributed by atoms with van der Waals surface area (Å²) in [5.74, 6) is 0. The maximum Gasteiger partial charge on any atom is 0.0492 e. The molecule has 1 unspecified atom stereocenters. The standard InChI is InChI=1S/C16H30N4/c1-16(2,20-12-6-5-7-13-20)15(17-3)9-8-14-10-11-18-19(14)4/h10-11,15,17H,5-9,12-13H2,1-4H3. The average Bonchev–Trinajstić information content (AvgIpc) is 2.86. The third-order valence-electron chi connectivity index (χ3n) is 4.98. The van der Waals surface area contributed by atoms with E-state index in [1.54, 1.807) is 0 Å². The van der Waals surface area contributed by atoms with Gasteiger partial charge >= 0.3 is 0 Å². The Kier molecular flexibility index (Phi) is 5.22. The second kappa shape index (κ2) is 6.72. The number of nitrogens with one attached hydrogen (secondary N) is 1. The van der Waals surface area contributed by atoms with Gasteiger partial charge in [0.1, 0.15) is 0 Å². The number of nitrogens with zero attached hydrogens (tertiary/aromatic N) is 3. The van der Waals surface area contributed by atoms with Gasteiger partial charge in [0.15, 0.2) is 0 Å². The molecule has 2 rings (SSSR count). The third kappa shape index (κ3) is 3.41. The van der Waals surface area contributed by atoms with Gasteiger partial charge < -0.3 is 5.32 Å². The largest absolute Gasteiger partial charge is 0.315 e. The Hall–Kier alpha value is -0.870. The lowest BCUT2D eigenvalue weighted by Gasteiger charge is -2.46. The predicted octanol–water partition coefficient (Wildman–Crippen LogP) is 2.21. The van der Waals surface area contributed by atoms with Crippen LogP contribution in [-0.4, -0.2) is 46.4 Å². The van der Waals surface area contributed by atoms with Crippen molar-refractivity contribution in [1.29, 1.82) is 0 Å². The second-order valence-corrected chi connectivity index (χ2v) is 6.53. The molecule has 1 fully saturated rings. The topological polar surface area (TPSA) is 33.1 Å². The van der Waals surface area contributed by atoms with Crippen molar-refractivity contribution in [3.63, 3.8) is 0 Å². The van der Waals surface area contributed by atoms with Gasteiger partial charge in [0.25, 0.3) is 0 Å². The van der Waals surface area contributed by atoms with E-state index in [-0.39, 0.29) is 5.54 Å². The number of piperidine rings is 1. The summed E-state index contributed by atoms with van der Waals surface area (Å²) in [4.78, 5) is 2.67. The highest BCUT2D eigenvalue weighted by Gasteiger charge is 2.34. The summed E-state index contributed by atoms with van der Waals surface area (Å²) in [6, 6.07) is 2.64. The molecule has 1 atom stereocenters. The van der Waals surface area contributed by atoms with Crippen molar-refractivity contribution >= 4 is 0 Å². The first kappa shape index (κ1) is 15.5. The van der Waals surface area contributed by atoms with Crippen molar-refractivity contribution in [1.82, 2.24) is 20.0 Å². The molecule has 2 heterocycles. The Morgan fingerprint density at radius 2 is 2.00 bits per heavy atom. The second-order valence-electron chi connectivity index (χ2n) is 6.53. The lowest BCUT2D eigenvalue weighted by molar-refractivity contribution is 0.0607. The van der Waals surface area contributed by atoms with Crippen molar-refractivity contribution in [3.05, 3.63) is 18.0 Å². The van der Waals surface area contributed by atoms with E-state index < -0.39 is 0 Å². The van der Waals surface area contributed by atoms with Crippen LogP contribution in [0.1, 0.15) is 45.2 Å². The number of likely N-dealkylation sites (N-methyl/N-ethyl adjacent to an activating group) is 1. The van der Waals surface area contributed by atoms with Gasteiger partial charge in [-0.25, -0.2) is 0 Å². The van der Waals surface area contributed by atoms with Gasteiger partial charge in [-0.2, -0.15) is 5.10 Å². The zero-order valence-corrected chi connectivity index (χ0v) is 13.5. The lowest BCUT2D eigenvalue weighted by atomic mass is 9.87. The summed E-state index contributed by atoms with van der Waals surface area (Å²) in [7, 11) is 4.12. The van der Waals surface area contributed by atoms with Crippen LogP contribution in [0.2, 0.25) is 0 Å². The van der Waals surface area contributed by atoms with Crippen molar-refractivity contribution < 1.29 is 0 Å². The first-order valence-electron chi connectivity index (χ1n) is 7.95. The van der Waals surface area contributed by atoms with Gasteiger partial charge in [0.2, 0.25) is 0 Å². The van der Waals surface area contributed by atoms with Crippen molar-refractivity contribution in [2.45, 2.75) is 57.5 Å². The summed E-state index contributed by atoms with van der Waals surface area (Å²) in [6.07, 6.45) is 8.22. The highest BCUT2D eigenvalue weighted by molar-refractivity contribution is 5.02. The van der Waals surface area contributed by atoms with Crippen LogP contribution < -0.4 is 5.32 Å². The van der Waals surface area contributed by atoms with Crippen LogP contribution in [0.25, 0.3) is 0 Å². The molecule has 20 heavy (non-hydrogen) atoms. The van der Waals surface area contributed by atoms with E-state index in [0.717, 1.165) is 12.8 Å². The van der Waals surface area contributed by atoms with E-state index >= 15 is 0 Å². The molecule has 0 radical (unpaired) electrons. The molecule has 114 valence electrons. The highest BCUT2D eigenvalue weighted by atomic mass is 15.3. The molecule has 0 spiro atoms. The van der Waals surface area contributed by atoms with E-state index in [4.69, 9.17) is 0 Å². The van der Waals surface area contributed by atoms with E-state index in [0.29, 0.717) is 6.04 Å². The Bertz CT molecular complexity index is 404. The fraction of sp³-hybridized carbons (Fsp3) is 0.812. The molecule has 1 aliphatic rings. The molecule has 1 aromatic rings. The zero-order chi connectivity index (χ0) is 14.6. The fourth-order valence-corrected chi connectivity index (χ4v) is 3.48. The summed E-state index contributed by atoms with van der Waals surface area (Å²) < 4.78 is 1.99. The third-order valence-corrected chi connectivity index (χ3v) is 4.98. The maximum atomic E-state index is 4.26. The lowest BCUT2D eigenvalue weighted by Crippen LogP contribution is -2.58. The quantitative estimate of drug-likeness (QED) is 0.866. The molecule has 1 saturated heterocycles. The molecular formula is C16H30N4. The zero-order valence-electron chi connectivity index (χ0n) is 13.5. The van der Waals surface area contributed by atoms with Crippen LogP contribution in [0.15, 0.2) is 12.3 Å². The van der Waals surface area contributed by atoms with E-state index in [1.807, 2.05) is 17.9 Å². The van der Waals surface area contributed by atoms with E-state index in [2.05, 4.69) is 42.3 Å². The molecule has 0 saturated carbocycles. The van der Waals surface area contributed by atoms with Crippen LogP contribution in [-0.2, 0) is 13.5 Å². The Morgan fingerprint density at radius 3 is 2.55 bits per heavy atom. The predicted molar refractivity (Wildman–Crippen MR) is 83.9 cm³/mol. The minimum Gasteiger partial charge on any atom is -0.315 e. The monoisotopic (exact) mass is 278 g/mol. The van der Waals surface area contributed by atoms with Crippen LogP contribution in [0.5, 0.6) is 0 Å². The number of hydrogen-bond donors (Lipinski definition) is 1. The maximum absolute atomic E-state index is 4.26. The Morgan fingerprint density at radius 1 is 1.30 bits per heavy atom. The Balaban J connectivity index is 1.97. The van der Waals surface area contributed by atoms with E-state index in [1.165, 1.54) is 38.0 Å². The molecule has 4 nitrogen and oxygen atoms in total. The van der Waals surface area contributed by atoms with Gasteiger partial charge in [-0.05, 0) is 65.7 Å². The number of aryl methyl sites for hydroxylation is 2. The minimum atomic E-state index is 0.216. The van der Waals surface area contributed by atoms with Crippen LogP contribution in [0, 0.1) is 0 Å². The van der Waals surface area contributed by atoms with Crippen LogP contribution in [0.3, 0.4) is 0 Å². The highest BCUT2D eigenvalue weighted by Crippen LogP contribution is 2.26. The first-order valence-corrected chi connectivity index (χ1v) is 7.95. The number of rotatable bonds is 6. The van der Waals surface area contributed by atoms with Crippen molar-refractivity contribution in [3.8, 4) is 0 Å². The number of hydrogen-bond acceptors (Lipinski definition) is 3. The van der Waals surface area contributed by atoms with Gasteiger partial charge in [0, 0.05) is 30.5 Å². The van der Waals surface area contributed by atoms with Crippen LogP contribution in [0.4, 0.5) is 0 Å². The summed E-state index contributed by atoms with van der Waals surface area (Å²) in [5.41, 5.74) is 1.54. The molecule has 0 aromatic carbocycles. The summed E-state index contributed by atoms with van der Waals surface area (Å²) >= 11 is 0. The van der Waals surface area contributed by atoms with Crippen LogP contribution >= 0.6 is 0 Å². The van der Waals surface area contributed by atoms with Gasteiger partial charge in [-0.1, -0.05) is 6.42 Å². The van der Waals surface area contributed by atoms with Crippen molar-refractivity contribution in [2.75, 3.05) is 20.1 Å². The minimum absolute atomic E-state index is 0.216. The summed E-state index contributed by atoms with van der Waals surface area (Å²) in [5, 5.41) is 7.81. The molecular weight excluding hydrogens is 248 g/mol. The molecule has 0 aliphatic carbocycles. The average molecular weight is 278 g/mol. The van der Waals surface area contributed by atoms with Gasteiger partial charge in [-0.3, -0.25) is 9.58 Å². The molecule has 0 amide bonds. The number of likely N-dealkylation sites (tertiary alicyclic amines) is 1. The Labute approximate surface area is 123 Å². The fourth-order valence-electron chi connectivity index (χ4n) is 3.48. The molecule has 1 aliphatic heterocycles. The molecule has 1 aromatic heterocycles.